The lowest BCUT2D eigenvalue weighted by molar-refractivity contribution is -0.873. The molecule has 0 radical (unpaired) electrons. The van der Waals surface area contributed by atoms with E-state index in [2.05, 4.69) is 0 Å². The molecule has 1 N–H and O–H groups in total. The first-order valence-corrected chi connectivity index (χ1v) is 6.62. The quantitative estimate of drug-likeness (QED) is 0.617. The summed E-state index contributed by atoms with van der Waals surface area (Å²) in [6.07, 6.45) is -0.753. The number of nitrogens with zero attached hydrogens (tertiary/aromatic N) is 1. The van der Waals surface area contributed by atoms with Crippen LogP contribution in [0.2, 0.25) is 0 Å². The first-order chi connectivity index (χ1) is 7.89. The summed E-state index contributed by atoms with van der Waals surface area (Å²) in [5, 5.41) is 8.41. The Kier molecular flexibility index (Phi) is 6.16. The summed E-state index contributed by atoms with van der Waals surface area (Å²) in [4.78, 5) is 22.4. The highest BCUT2D eigenvalue weighted by atomic mass is 32.2. The Labute approximate surface area is 113 Å². The Bertz CT molecular complexity index is 304. The zero-order chi connectivity index (χ0) is 14.6. The monoisotopic (exact) mass is 278 g/mol. The van der Waals surface area contributed by atoms with Crippen molar-refractivity contribution in [3.8, 4) is 0 Å². The molecule has 0 spiro atoms. The Morgan fingerprint density at radius 2 is 1.78 bits per heavy atom. The molecule has 0 unspecified atom stereocenters. The Balaban J connectivity index is 4.50. The van der Waals surface area contributed by atoms with Gasteiger partial charge in [-0.15, -0.1) is 0 Å². The second-order valence-electron chi connectivity index (χ2n) is 6.28. The minimum atomic E-state index is -0.956. The van der Waals surface area contributed by atoms with Crippen molar-refractivity contribution in [3.05, 3.63) is 0 Å². The summed E-state index contributed by atoms with van der Waals surface area (Å²) in [5.74, 6) is -0.956. The molecule has 106 valence electrons. The largest absolute Gasteiger partial charge is 0.481 e. The Morgan fingerprint density at radius 1 is 1.28 bits per heavy atom. The molecule has 1 atom stereocenters. The molecule has 0 heterocycles. The molecule has 0 aromatic heterocycles. The SMILES string of the molecule is CC(C)(C)SC(=O)O[C@@H](CC(=O)O)C[N+](C)(C)C. The van der Waals surface area contributed by atoms with Crippen LogP contribution in [0, 0.1) is 0 Å². The van der Waals surface area contributed by atoms with Crippen molar-refractivity contribution in [3.63, 3.8) is 0 Å². The van der Waals surface area contributed by atoms with Crippen LogP contribution >= 0.6 is 11.8 Å². The summed E-state index contributed by atoms with van der Waals surface area (Å²) in [6, 6.07) is 0. The van der Waals surface area contributed by atoms with Crippen LogP contribution in [0.5, 0.6) is 0 Å². The average Bonchev–Trinajstić information content (AvgIpc) is 1.92. The molecular formula is C12H24NO4S+. The van der Waals surface area contributed by atoms with Crippen molar-refractivity contribution >= 4 is 23.0 Å². The lowest BCUT2D eigenvalue weighted by Crippen LogP contribution is -2.43. The number of rotatable bonds is 5. The maximum absolute atomic E-state index is 11.7. The van der Waals surface area contributed by atoms with E-state index in [1.807, 2.05) is 41.9 Å². The number of aliphatic carboxylic acids is 1. The number of hydrogen-bond donors (Lipinski definition) is 1. The van der Waals surface area contributed by atoms with Gasteiger partial charge in [0.15, 0.2) is 6.10 Å². The van der Waals surface area contributed by atoms with E-state index >= 15 is 0 Å². The van der Waals surface area contributed by atoms with Gasteiger partial charge in [-0.3, -0.25) is 4.79 Å². The lowest BCUT2D eigenvalue weighted by Gasteiger charge is -2.28. The van der Waals surface area contributed by atoms with Crippen molar-refractivity contribution in [2.45, 2.75) is 38.0 Å². The molecule has 0 aromatic carbocycles. The van der Waals surface area contributed by atoms with Crippen molar-refractivity contribution in [1.29, 1.82) is 0 Å². The number of carbonyl (C=O) groups is 2. The van der Waals surface area contributed by atoms with E-state index < -0.39 is 17.4 Å². The van der Waals surface area contributed by atoms with Crippen LogP contribution in [0.25, 0.3) is 0 Å². The highest BCUT2D eigenvalue weighted by molar-refractivity contribution is 8.14. The van der Waals surface area contributed by atoms with Crippen LogP contribution in [0.15, 0.2) is 0 Å². The van der Waals surface area contributed by atoms with Gasteiger partial charge in [0, 0.05) is 4.75 Å². The fourth-order valence-corrected chi connectivity index (χ4v) is 2.04. The maximum Gasteiger partial charge on any atom is 0.368 e. The highest BCUT2D eigenvalue weighted by Crippen LogP contribution is 2.26. The van der Waals surface area contributed by atoms with Crippen LogP contribution in [-0.4, -0.2) is 59.4 Å². The van der Waals surface area contributed by atoms with E-state index in [9.17, 15) is 9.59 Å². The summed E-state index contributed by atoms with van der Waals surface area (Å²) < 4.78 is 5.55. The minimum absolute atomic E-state index is 0.161. The van der Waals surface area contributed by atoms with Gasteiger partial charge in [0.05, 0.1) is 27.6 Å². The van der Waals surface area contributed by atoms with Crippen LogP contribution in [-0.2, 0) is 9.53 Å². The molecule has 0 rings (SSSR count). The smallest absolute Gasteiger partial charge is 0.368 e. The van der Waals surface area contributed by atoms with E-state index in [4.69, 9.17) is 9.84 Å². The first kappa shape index (κ1) is 17.2. The minimum Gasteiger partial charge on any atom is -0.481 e. The van der Waals surface area contributed by atoms with Gasteiger partial charge in [0.1, 0.15) is 6.54 Å². The van der Waals surface area contributed by atoms with Crippen molar-refractivity contribution in [1.82, 2.24) is 0 Å². The predicted octanol–water partition coefficient (Wildman–Crippen LogP) is 2.20. The fraction of sp³-hybridized carbons (Fsp3) is 0.833. The molecule has 0 saturated heterocycles. The highest BCUT2D eigenvalue weighted by Gasteiger charge is 2.27. The van der Waals surface area contributed by atoms with Gasteiger partial charge < -0.3 is 14.3 Å². The third kappa shape index (κ3) is 10.4. The number of likely N-dealkylation sites (N-methyl/N-ethyl adjacent to an activating group) is 1. The number of ether oxygens (including phenoxy) is 1. The van der Waals surface area contributed by atoms with Crippen LogP contribution < -0.4 is 0 Å². The third-order valence-corrected chi connectivity index (χ3v) is 2.68. The van der Waals surface area contributed by atoms with E-state index in [0.717, 1.165) is 11.8 Å². The molecule has 0 bridgehead atoms. The molecule has 0 saturated carbocycles. The van der Waals surface area contributed by atoms with Gasteiger partial charge in [-0.05, 0) is 11.8 Å². The molecule has 18 heavy (non-hydrogen) atoms. The molecule has 0 aliphatic heterocycles. The van der Waals surface area contributed by atoms with E-state index in [0.29, 0.717) is 11.0 Å². The van der Waals surface area contributed by atoms with Gasteiger partial charge >= 0.3 is 11.3 Å². The van der Waals surface area contributed by atoms with Crippen LogP contribution in [0.3, 0.4) is 0 Å². The van der Waals surface area contributed by atoms with Crippen molar-refractivity contribution in [2.24, 2.45) is 0 Å². The molecule has 0 fully saturated rings. The van der Waals surface area contributed by atoms with E-state index in [1.165, 1.54) is 0 Å². The average molecular weight is 278 g/mol. The van der Waals surface area contributed by atoms with E-state index in [-0.39, 0.29) is 11.2 Å². The topological polar surface area (TPSA) is 63.6 Å². The number of hydrogen-bond acceptors (Lipinski definition) is 4. The molecule has 5 nitrogen and oxygen atoms in total. The summed E-state index contributed by atoms with van der Waals surface area (Å²) in [5.41, 5.74) is 0. The van der Waals surface area contributed by atoms with Crippen molar-refractivity contribution in [2.75, 3.05) is 27.7 Å². The first-order valence-electron chi connectivity index (χ1n) is 5.81. The van der Waals surface area contributed by atoms with Crippen LogP contribution in [0.1, 0.15) is 27.2 Å². The predicted molar refractivity (Wildman–Crippen MR) is 72.8 cm³/mol. The number of carboxylic acids is 1. The van der Waals surface area contributed by atoms with Gasteiger partial charge in [0.25, 0.3) is 0 Å². The van der Waals surface area contributed by atoms with Gasteiger partial charge in [-0.2, -0.15) is 0 Å². The Morgan fingerprint density at radius 3 is 2.11 bits per heavy atom. The molecule has 0 aliphatic carbocycles. The number of quaternary nitrogens is 1. The number of carbonyl (C=O) groups excluding carboxylic acids is 1. The summed E-state index contributed by atoms with van der Waals surface area (Å²) in [7, 11) is 5.79. The Hall–Kier alpha value is -0.750. The van der Waals surface area contributed by atoms with Gasteiger partial charge in [-0.25, -0.2) is 4.79 Å². The lowest BCUT2D eigenvalue weighted by atomic mass is 10.2. The molecule has 6 heteroatoms. The zero-order valence-corrected chi connectivity index (χ0v) is 12.8. The van der Waals surface area contributed by atoms with E-state index in [1.54, 1.807) is 0 Å². The fourth-order valence-electron chi connectivity index (χ4n) is 1.36. The number of thioether (sulfide) groups is 1. The molecule has 0 aliphatic rings. The van der Waals surface area contributed by atoms with Crippen molar-refractivity contribution < 1.29 is 23.9 Å². The molecule has 0 amide bonds. The third-order valence-electron chi connectivity index (χ3n) is 1.81. The maximum atomic E-state index is 11.7. The standard InChI is InChI=1S/C12H23NO4S/c1-12(2,3)18-11(16)17-9(7-10(14)15)8-13(4,5)6/h9H,7-8H2,1-6H3/p+1/t9-/m0/s1. The summed E-state index contributed by atoms with van der Waals surface area (Å²) in [6.45, 7) is 6.20. The van der Waals surface area contributed by atoms with Crippen LogP contribution in [0.4, 0.5) is 4.79 Å². The summed E-state index contributed by atoms with van der Waals surface area (Å²) >= 11 is 1.08. The second-order valence-corrected chi connectivity index (χ2v) is 8.04. The molecule has 0 aromatic rings. The van der Waals surface area contributed by atoms with Gasteiger partial charge in [0.2, 0.25) is 0 Å². The second kappa shape index (κ2) is 6.43. The normalized spacial score (nSPS) is 14.1. The van der Waals surface area contributed by atoms with Gasteiger partial charge in [-0.1, -0.05) is 20.8 Å². The number of carboxylic acid groups (broad SMARTS) is 1. The molecular weight excluding hydrogens is 254 g/mol. The zero-order valence-electron chi connectivity index (χ0n) is 12.0.